The summed E-state index contributed by atoms with van der Waals surface area (Å²) >= 11 is 0. The van der Waals surface area contributed by atoms with Crippen molar-refractivity contribution in [2.75, 3.05) is 11.9 Å². The fraction of sp³-hybridized carbons (Fsp3) is 0.0714. The van der Waals surface area contributed by atoms with Crippen molar-refractivity contribution in [2.45, 2.75) is 0 Å². The predicted octanol–water partition coefficient (Wildman–Crippen LogP) is 1.80. The number of nitrogens with zero attached hydrogens (tertiary/aromatic N) is 1. The number of aromatic carboxylic acids is 1. The largest absolute Gasteiger partial charge is 0.484 e. The lowest BCUT2D eigenvalue weighted by atomic mass is 10.3. The number of aromatic nitrogens is 1. The van der Waals surface area contributed by atoms with Crippen molar-refractivity contribution in [2.24, 2.45) is 0 Å². The highest BCUT2D eigenvalue weighted by Gasteiger charge is 2.08. The van der Waals surface area contributed by atoms with Gasteiger partial charge in [-0.2, -0.15) is 0 Å². The Bertz CT molecular complexity index is 614. The summed E-state index contributed by atoms with van der Waals surface area (Å²) in [5.41, 5.74) is -0.133. The van der Waals surface area contributed by atoms with Gasteiger partial charge in [0.15, 0.2) is 12.3 Å². The minimum atomic E-state index is -1.15. The predicted molar refractivity (Wildman–Crippen MR) is 71.8 cm³/mol. The third-order valence-corrected chi connectivity index (χ3v) is 2.35. The van der Waals surface area contributed by atoms with Gasteiger partial charge in [-0.15, -0.1) is 0 Å². The molecule has 0 aliphatic heterocycles. The van der Waals surface area contributed by atoms with Crippen LogP contribution in [0, 0.1) is 0 Å². The van der Waals surface area contributed by atoms with Crippen LogP contribution in [0.3, 0.4) is 0 Å². The zero-order valence-electron chi connectivity index (χ0n) is 10.4. The molecule has 2 aromatic rings. The molecule has 0 fully saturated rings. The zero-order chi connectivity index (χ0) is 14.4. The van der Waals surface area contributed by atoms with Gasteiger partial charge in [0.05, 0.1) is 0 Å². The summed E-state index contributed by atoms with van der Waals surface area (Å²) in [4.78, 5) is 26.2. The Labute approximate surface area is 115 Å². The monoisotopic (exact) mass is 272 g/mol. The van der Waals surface area contributed by atoms with Gasteiger partial charge in [0.25, 0.3) is 5.91 Å². The highest BCUT2D eigenvalue weighted by Crippen LogP contribution is 2.09. The zero-order valence-corrected chi connectivity index (χ0v) is 10.4. The SMILES string of the molecule is O=C(COc1ccccc1)Nc1cccc(C(=O)O)n1. The van der Waals surface area contributed by atoms with E-state index in [2.05, 4.69) is 10.3 Å². The highest BCUT2D eigenvalue weighted by molar-refractivity contribution is 5.92. The summed E-state index contributed by atoms with van der Waals surface area (Å²) in [7, 11) is 0. The van der Waals surface area contributed by atoms with Crippen molar-refractivity contribution in [3.8, 4) is 5.75 Å². The van der Waals surface area contributed by atoms with Crippen molar-refractivity contribution >= 4 is 17.7 Å². The first-order valence-corrected chi connectivity index (χ1v) is 5.83. The van der Waals surface area contributed by atoms with Gasteiger partial charge >= 0.3 is 5.97 Å². The molecule has 102 valence electrons. The standard InChI is InChI=1S/C14H12N2O4/c17-13(9-20-10-5-2-1-3-6-10)16-12-8-4-7-11(15-12)14(18)19/h1-8H,9H2,(H,18,19)(H,15,16,17). The van der Waals surface area contributed by atoms with Crippen LogP contribution >= 0.6 is 0 Å². The second-order valence-corrected chi connectivity index (χ2v) is 3.86. The Hall–Kier alpha value is -2.89. The molecule has 2 rings (SSSR count). The molecule has 20 heavy (non-hydrogen) atoms. The van der Waals surface area contributed by atoms with Gasteiger partial charge in [-0.25, -0.2) is 9.78 Å². The molecule has 0 radical (unpaired) electrons. The fourth-order valence-corrected chi connectivity index (χ4v) is 1.47. The van der Waals surface area contributed by atoms with Gasteiger partial charge in [0.1, 0.15) is 11.6 Å². The van der Waals surface area contributed by atoms with Crippen LogP contribution in [0.15, 0.2) is 48.5 Å². The Morgan fingerprint density at radius 3 is 2.55 bits per heavy atom. The van der Waals surface area contributed by atoms with Crippen LogP contribution in [0.4, 0.5) is 5.82 Å². The number of hydrogen-bond acceptors (Lipinski definition) is 4. The molecule has 0 saturated heterocycles. The van der Waals surface area contributed by atoms with Gasteiger partial charge in [-0.3, -0.25) is 4.79 Å². The summed E-state index contributed by atoms with van der Waals surface area (Å²) in [6, 6.07) is 13.3. The number of carbonyl (C=O) groups excluding carboxylic acids is 1. The van der Waals surface area contributed by atoms with Crippen LogP contribution in [0.2, 0.25) is 0 Å². The maximum absolute atomic E-state index is 11.6. The van der Waals surface area contributed by atoms with E-state index in [0.29, 0.717) is 5.75 Å². The quantitative estimate of drug-likeness (QED) is 0.866. The number of carboxylic acids is 1. The van der Waals surface area contributed by atoms with Gasteiger partial charge in [0.2, 0.25) is 0 Å². The lowest BCUT2D eigenvalue weighted by molar-refractivity contribution is -0.118. The van der Waals surface area contributed by atoms with Gasteiger partial charge < -0.3 is 15.2 Å². The second-order valence-electron chi connectivity index (χ2n) is 3.86. The molecule has 0 saturated carbocycles. The van der Waals surface area contributed by atoms with E-state index in [1.807, 2.05) is 6.07 Å². The van der Waals surface area contributed by atoms with E-state index in [9.17, 15) is 9.59 Å². The molecule has 0 unspecified atom stereocenters. The molecule has 1 amide bonds. The van der Waals surface area contributed by atoms with Crippen molar-refractivity contribution in [1.82, 2.24) is 4.98 Å². The number of ether oxygens (including phenoxy) is 1. The van der Waals surface area contributed by atoms with Crippen LogP contribution in [0.5, 0.6) is 5.75 Å². The van der Waals surface area contributed by atoms with Gasteiger partial charge in [0, 0.05) is 0 Å². The summed E-state index contributed by atoms with van der Waals surface area (Å²) in [6.45, 7) is -0.178. The van der Waals surface area contributed by atoms with Crippen LogP contribution in [-0.2, 0) is 4.79 Å². The smallest absolute Gasteiger partial charge is 0.354 e. The lowest BCUT2D eigenvalue weighted by Gasteiger charge is -2.07. The van der Waals surface area contributed by atoms with Crippen LogP contribution in [-0.4, -0.2) is 28.6 Å². The first-order chi connectivity index (χ1) is 9.65. The van der Waals surface area contributed by atoms with Crippen LogP contribution < -0.4 is 10.1 Å². The third-order valence-electron chi connectivity index (χ3n) is 2.35. The average molecular weight is 272 g/mol. The van der Waals surface area contributed by atoms with Crippen LogP contribution in [0.1, 0.15) is 10.5 Å². The molecule has 0 aliphatic carbocycles. The average Bonchev–Trinajstić information content (AvgIpc) is 2.46. The van der Waals surface area contributed by atoms with E-state index >= 15 is 0 Å². The number of benzene rings is 1. The minimum absolute atomic E-state index is 0.133. The first kappa shape index (κ1) is 13.5. The van der Waals surface area contributed by atoms with E-state index in [0.717, 1.165) is 0 Å². The Morgan fingerprint density at radius 2 is 1.85 bits per heavy atom. The van der Waals surface area contributed by atoms with E-state index < -0.39 is 11.9 Å². The summed E-state index contributed by atoms with van der Waals surface area (Å²) in [6.07, 6.45) is 0. The molecule has 2 N–H and O–H groups in total. The van der Waals surface area contributed by atoms with E-state index in [1.165, 1.54) is 18.2 Å². The molecule has 1 heterocycles. The number of pyridine rings is 1. The first-order valence-electron chi connectivity index (χ1n) is 5.83. The van der Waals surface area contributed by atoms with Crippen molar-refractivity contribution in [3.05, 3.63) is 54.2 Å². The number of carboxylic acid groups (broad SMARTS) is 1. The normalized spacial score (nSPS) is 9.80. The second kappa shape index (κ2) is 6.33. The lowest BCUT2D eigenvalue weighted by Crippen LogP contribution is -2.21. The fourth-order valence-electron chi connectivity index (χ4n) is 1.47. The summed E-state index contributed by atoms with van der Waals surface area (Å²) in [5, 5.41) is 11.3. The number of amides is 1. The van der Waals surface area contributed by atoms with Crippen LogP contribution in [0.25, 0.3) is 0 Å². The number of anilines is 1. The minimum Gasteiger partial charge on any atom is -0.484 e. The molecular weight excluding hydrogens is 260 g/mol. The number of rotatable bonds is 5. The summed E-state index contributed by atoms with van der Waals surface area (Å²) < 4.78 is 5.26. The molecular formula is C14H12N2O4. The molecule has 0 aliphatic rings. The third kappa shape index (κ3) is 3.81. The van der Waals surface area contributed by atoms with Crippen molar-refractivity contribution in [3.63, 3.8) is 0 Å². The van der Waals surface area contributed by atoms with E-state index in [1.54, 1.807) is 24.3 Å². The Morgan fingerprint density at radius 1 is 1.10 bits per heavy atom. The molecule has 6 heteroatoms. The topological polar surface area (TPSA) is 88.5 Å². The summed E-state index contributed by atoms with van der Waals surface area (Å²) in [5.74, 6) is -0.813. The Balaban J connectivity index is 1.91. The molecule has 0 atom stereocenters. The Kier molecular flexibility index (Phi) is 4.28. The number of nitrogens with one attached hydrogen (secondary N) is 1. The van der Waals surface area contributed by atoms with E-state index in [4.69, 9.17) is 9.84 Å². The van der Waals surface area contributed by atoms with Crippen molar-refractivity contribution in [1.29, 1.82) is 0 Å². The number of hydrogen-bond donors (Lipinski definition) is 2. The van der Waals surface area contributed by atoms with Gasteiger partial charge in [-0.05, 0) is 24.3 Å². The maximum atomic E-state index is 11.6. The number of para-hydroxylation sites is 1. The molecule has 6 nitrogen and oxygen atoms in total. The van der Waals surface area contributed by atoms with Gasteiger partial charge in [-0.1, -0.05) is 24.3 Å². The maximum Gasteiger partial charge on any atom is 0.354 e. The number of carbonyl (C=O) groups is 2. The van der Waals surface area contributed by atoms with Crippen molar-refractivity contribution < 1.29 is 19.4 Å². The molecule has 0 bridgehead atoms. The van der Waals surface area contributed by atoms with E-state index in [-0.39, 0.29) is 18.1 Å². The molecule has 1 aromatic carbocycles. The molecule has 1 aromatic heterocycles. The highest BCUT2D eigenvalue weighted by atomic mass is 16.5. The molecule has 0 spiro atoms.